The molecule has 1 heterocycles. The molecule has 2 aromatic carbocycles. The zero-order valence-corrected chi connectivity index (χ0v) is 15.1. The highest BCUT2D eigenvalue weighted by atomic mass is 32.2. The molecule has 5 heteroatoms. The molecule has 1 aliphatic rings. The fourth-order valence-electron chi connectivity index (χ4n) is 3.70. The van der Waals surface area contributed by atoms with E-state index in [1.54, 1.807) is 4.31 Å². The van der Waals surface area contributed by atoms with E-state index in [0.717, 1.165) is 35.6 Å². The zero-order chi connectivity index (χ0) is 17.3. The number of aliphatic hydroxyl groups is 1. The van der Waals surface area contributed by atoms with Gasteiger partial charge in [-0.3, -0.25) is 0 Å². The maximum Gasteiger partial charge on any atom is 0.244 e. The summed E-state index contributed by atoms with van der Waals surface area (Å²) in [5, 5.41) is 12.0. The number of hydrogen-bond donors (Lipinski definition) is 1. The van der Waals surface area contributed by atoms with Gasteiger partial charge >= 0.3 is 0 Å². The standard InChI is InChI=1S/C19H25NO3S/c1-3-18(21)17-10-6-7-13-20(17)24(22,23)19-14(2)11-12-15-8-4-5-9-16(15)19/h4-5,8-9,11-12,17-18,21H,3,6-7,10,13H2,1-2H3. The second-order valence-electron chi connectivity index (χ2n) is 6.59. The first-order valence-corrected chi connectivity index (χ1v) is 10.1. The van der Waals surface area contributed by atoms with Gasteiger partial charge in [-0.05, 0) is 37.1 Å². The van der Waals surface area contributed by atoms with Crippen LogP contribution in [-0.4, -0.2) is 36.5 Å². The highest BCUT2D eigenvalue weighted by molar-refractivity contribution is 7.89. The lowest BCUT2D eigenvalue weighted by Crippen LogP contribution is -2.49. The molecule has 0 spiro atoms. The number of aliphatic hydroxyl groups excluding tert-OH is 1. The maximum atomic E-state index is 13.5. The third-order valence-electron chi connectivity index (χ3n) is 5.00. The van der Waals surface area contributed by atoms with Gasteiger partial charge < -0.3 is 5.11 Å². The molecule has 1 N–H and O–H groups in total. The van der Waals surface area contributed by atoms with Crippen molar-refractivity contribution in [3.63, 3.8) is 0 Å². The summed E-state index contributed by atoms with van der Waals surface area (Å²) in [5.41, 5.74) is 0.754. The molecule has 0 amide bonds. The molecule has 3 rings (SSSR count). The second-order valence-corrected chi connectivity index (χ2v) is 8.41. The van der Waals surface area contributed by atoms with Gasteiger partial charge in [-0.1, -0.05) is 49.7 Å². The molecule has 2 aromatic rings. The van der Waals surface area contributed by atoms with E-state index in [-0.39, 0.29) is 6.04 Å². The highest BCUT2D eigenvalue weighted by Gasteiger charge is 2.38. The molecule has 0 aromatic heterocycles. The topological polar surface area (TPSA) is 57.6 Å². The number of piperidine rings is 1. The fourth-order valence-corrected chi connectivity index (χ4v) is 5.84. The molecular formula is C19H25NO3S. The van der Waals surface area contributed by atoms with Crippen LogP contribution in [0.1, 0.15) is 38.2 Å². The Morgan fingerprint density at radius 1 is 1.21 bits per heavy atom. The summed E-state index contributed by atoms with van der Waals surface area (Å²) in [7, 11) is -3.65. The van der Waals surface area contributed by atoms with Gasteiger partial charge in [0.15, 0.2) is 0 Å². The lowest BCUT2D eigenvalue weighted by molar-refractivity contribution is 0.0667. The molecule has 130 valence electrons. The summed E-state index contributed by atoms with van der Waals surface area (Å²) < 4.78 is 28.5. The van der Waals surface area contributed by atoms with Crippen LogP contribution in [0, 0.1) is 6.92 Å². The van der Waals surface area contributed by atoms with Crippen LogP contribution in [0.5, 0.6) is 0 Å². The summed E-state index contributed by atoms with van der Waals surface area (Å²) in [6, 6.07) is 11.1. The van der Waals surface area contributed by atoms with Gasteiger partial charge in [-0.2, -0.15) is 4.31 Å². The molecule has 2 atom stereocenters. The quantitative estimate of drug-likeness (QED) is 0.921. The Morgan fingerprint density at radius 2 is 1.96 bits per heavy atom. The number of nitrogens with zero attached hydrogens (tertiary/aromatic N) is 1. The predicted octanol–water partition coefficient (Wildman–Crippen LogP) is 3.46. The molecule has 2 unspecified atom stereocenters. The summed E-state index contributed by atoms with van der Waals surface area (Å²) in [6.07, 6.45) is 2.47. The summed E-state index contributed by atoms with van der Waals surface area (Å²) in [6.45, 7) is 4.22. The zero-order valence-electron chi connectivity index (χ0n) is 14.3. The van der Waals surface area contributed by atoms with Crippen molar-refractivity contribution < 1.29 is 13.5 Å². The summed E-state index contributed by atoms with van der Waals surface area (Å²) >= 11 is 0. The average molecular weight is 347 g/mol. The molecule has 4 nitrogen and oxygen atoms in total. The van der Waals surface area contributed by atoms with E-state index in [1.807, 2.05) is 50.2 Å². The molecule has 0 radical (unpaired) electrons. The Balaban J connectivity index is 2.15. The lowest BCUT2D eigenvalue weighted by atomic mass is 9.98. The van der Waals surface area contributed by atoms with E-state index in [4.69, 9.17) is 0 Å². The van der Waals surface area contributed by atoms with Gasteiger partial charge in [-0.15, -0.1) is 0 Å². The molecular weight excluding hydrogens is 322 g/mol. The number of rotatable bonds is 4. The second kappa shape index (κ2) is 6.82. The van der Waals surface area contributed by atoms with E-state index >= 15 is 0 Å². The predicted molar refractivity (Wildman–Crippen MR) is 96.5 cm³/mol. The minimum absolute atomic E-state index is 0.327. The Labute approximate surface area is 144 Å². The van der Waals surface area contributed by atoms with Crippen LogP contribution < -0.4 is 0 Å². The maximum absolute atomic E-state index is 13.5. The largest absolute Gasteiger partial charge is 0.391 e. The van der Waals surface area contributed by atoms with Crippen LogP contribution >= 0.6 is 0 Å². The first kappa shape index (κ1) is 17.4. The third kappa shape index (κ3) is 2.96. The van der Waals surface area contributed by atoms with Gasteiger partial charge in [0.05, 0.1) is 17.0 Å². The van der Waals surface area contributed by atoms with Crippen molar-refractivity contribution >= 4 is 20.8 Å². The first-order chi connectivity index (χ1) is 11.5. The van der Waals surface area contributed by atoms with E-state index in [0.29, 0.717) is 17.9 Å². The Morgan fingerprint density at radius 3 is 2.71 bits per heavy atom. The van der Waals surface area contributed by atoms with Gasteiger partial charge in [0.2, 0.25) is 10.0 Å². The van der Waals surface area contributed by atoms with Gasteiger partial charge in [0, 0.05) is 11.9 Å². The van der Waals surface area contributed by atoms with E-state index in [9.17, 15) is 13.5 Å². The van der Waals surface area contributed by atoms with Crippen molar-refractivity contribution in [2.24, 2.45) is 0 Å². The molecule has 24 heavy (non-hydrogen) atoms. The van der Waals surface area contributed by atoms with Crippen molar-refractivity contribution in [1.29, 1.82) is 0 Å². The van der Waals surface area contributed by atoms with Crippen LogP contribution in [0.15, 0.2) is 41.3 Å². The molecule has 1 aliphatic heterocycles. The number of benzene rings is 2. The monoisotopic (exact) mass is 347 g/mol. The van der Waals surface area contributed by atoms with E-state index < -0.39 is 16.1 Å². The first-order valence-electron chi connectivity index (χ1n) is 8.65. The Kier molecular flexibility index (Phi) is 4.95. The van der Waals surface area contributed by atoms with Gasteiger partial charge in [-0.25, -0.2) is 8.42 Å². The Bertz CT molecular complexity index is 832. The van der Waals surface area contributed by atoms with Crippen molar-refractivity contribution in [2.45, 2.75) is 56.6 Å². The highest BCUT2D eigenvalue weighted by Crippen LogP contribution is 2.33. The SMILES string of the molecule is CCC(O)C1CCCCN1S(=O)(=O)c1c(C)ccc2ccccc12. The number of hydrogen-bond acceptors (Lipinski definition) is 3. The number of aryl methyl sites for hydroxylation is 1. The minimum atomic E-state index is -3.65. The van der Waals surface area contributed by atoms with Crippen molar-refractivity contribution in [3.05, 3.63) is 42.0 Å². The molecule has 0 aliphatic carbocycles. The average Bonchev–Trinajstić information content (AvgIpc) is 2.60. The Hall–Kier alpha value is -1.43. The fraction of sp³-hybridized carbons (Fsp3) is 0.474. The molecule has 0 bridgehead atoms. The number of sulfonamides is 1. The molecule has 1 fully saturated rings. The lowest BCUT2D eigenvalue weighted by Gasteiger charge is -2.37. The van der Waals surface area contributed by atoms with Crippen LogP contribution in [0.25, 0.3) is 10.8 Å². The minimum Gasteiger partial charge on any atom is -0.391 e. The van der Waals surface area contributed by atoms with Crippen molar-refractivity contribution in [1.82, 2.24) is 4.31 Å². The summed E-state index contributed by atoms with van der Waals surface area (Å²) in [4.78, 5) is 0.385. The normalized spacial score (nSPS) is 21.0. The van der Waals surface area contributed by atoms with Crippen LogP contribution in [0.4, 0.5) is 0 Å². The molecule has 0 saturated carbocycles. The van der Waals surface area contributed by atoms with Crippen LogP contribution in [0.3, 0.4) is 0 Å². The third-order valence-corrected chi connectivity index (χ3v) is 7.13. The smallest absolute Gasteiger partial charge is 0.244 e. The van der Waals surface area contributed by atoms with Crippen LogP contribution in [-0.2, 0) is 10.0 Å². The van der Waals surface area contributed by atoms with E-state index in [1.165, 1.54) is 0 Å². The van der Waals surface area contributed by atoms with Crippen molar-refractivity contribution in [2.75, 3.05) is 6.54 Å². The number of fused-ring (bicyclic) bond motifs is 1. The van der Waals surface area contributed by atoms with E-state index in [2.05, 4.69) is 0 Å². The molecule has 1 saturated heterocycles. The van der Waals surface area contributed by atoms with Crippen LogP contribution in [0.2, 0.25) is 0 Å². The van der Waals surface area contributed by atoms with Gasteiger partial charge in [0.25, 0.3) is 0 Å². The summed E-state index contributed by atoms with van der Waals surface area (Å²) in [5.74, 6) is 0. The van der Waals surface area contributed by atoms with Gasteiger partial charge in [0.1, 0.15) is 0 Å². The van der Waals surface area contributed by atoms with Crippen molar-refractivity contribution in [3.8, 4) is 0 Å².